The average Bonchev–Trinajstić information content (AvgIpc) is 2.47. The standard InChI is InChI=1S/C8H4Cl2N2O/c9-5-1-6(10)7-2-11-8(4-13)12(7)3-5/h1-4H. The summed E-state index contributed by atoms with van der Waals surface area (Å²) >= 11 is 11.6. The number of carbonyl (C=O) groups excluding carboxylic acids is 1. The molecule has 0 N–H and O–H groups in total. The fourth-order valence-corrected chi connectivity index (χ4v) is 1.65. The molecule has 0 unspecified atom stereocenters. The van der Waals surface area contributed by atoms with Crippen LogP contribution in [-0.2, 0) is 0 Å². The lowest BCUT2D eigenvalue weighted by atomic mass is 10.4. The summed E-state index contributed by atoms with van der Waals surface area (Å²) in [4.78, 5) is 14.4. The summed E-state index contributed by atoms with van der Waals surface area (Å²) < 4.78 is 1.55. The van der Waals surface area contributed by atoms with Crippen LogP contribution >= 0.6 is 23.2 Å². The quantitative estimate of drug-likeness (QED) is 0.684. The molecule has 5 heteroatoms. The Kier molecular flexibility index (Phi) is 1.98. The molecule has 3 nitrogen and oxygen atoms in total. The molecule has 0 amide bonds. The van der Waals surface area contributed by atoms with Crippen molar-refractivity contribution in [1.82, 2.24) is 9.38 Å². The van der Waals surface area contributed by atoms with E-state index >= 15 is 0 Å². The minimum Gasteiger partial charge on any atom is -0.295 e. The van der Waals surface area contributed by atoms with Crippen molar-refractivity contribution in [2.24, 2.45) is 0 Å². The van der Waals surface area contributed by atoms with Gasteiger partial charge in [-0.05, 0) is 6.07 Å². The first kappa shape index (κ1) is 8.53. The van der Waals surface area contributed by atoms with Crippen molar-refractivity contribution < 1.29 is 4.79 Å². The van der Waals surface area contributed by atoms with E-state index in [9.17, 15) is 4.79 Å². The van der Waals surface area contributed by atoms with E-state index < -0.39 is 0 Å². The van der Waals surface area contributed by atoms with Gasteiger partial charge in [-0.25, -0.2) is 4.98 Å². The zero-order chi connectivity index (χ0) is 9.42. The van der Waals surface area contributed by atoms with Gasteiger partial charge >= 0.3 is 0 Å². The number of halogens is 2. The van der Waals surface area contributed by atoms with Gasteiger partial charge in [-0.3, -0.25) is 9.20 Å². The van der Waals surface area contributed by atoms with E-state index in [-0.39, 0.29) is 0 Å². The van der Waals surface area contributed by atoms with Crippen LogP contribution in [0.25, 0.3) is 5.52 Å². The Labute approximate surface area is 83.9 Å². The lowest BCUT2D eigenvalue weighted by Crippen LogP contribution is -1.91. The van der Waals surface area contributed by atoms with Gasteiger partial charge in [-0.15, -0.1) is 0 Å². The maximum absolute atomic E-state index is 10.5. The molecule has 13 heavy (non-hydrogen) atoms. The molecule has 2 aromatic heterocycles. The van der Waals surface area contributed by atoms with Gasteiger partial charge in [0.2, 0.25) is 0 Å². The van der Waals surface area contributed by atoms with Crippen molar-refractivity contribution in [2.75, 3.05) is 0 Å². The van der Waals surface area contributed by atoms with Crippen LogP contribution in [0.15, 0.2) is 18.5 Å². The van der Waals surface area contributed by atoms with Crippen LogP contribution in [0, 0.1) is 0 Å². The van der Waals surface area contributed by atoms with Crippen LogP contribution in [0.1, 0.15) is 10.6 Å². The predicted molar refractivity (Wildman–Crippen MR) is 50.6 cm³/mol. The summed E-state index contributed by atoms with van der Waals surface area (Å²) in [7, 11) is 0. The maximum Gasteiger partial charge on any atom is 0.185 e. The third kappa shape index (κ3) is 1.30. The lowest BCUT2D eigenvalue weighted by Gasteiger charge is -1.98. The minimum atomic E-state index is 0.291. The fourth-order valence-electron chi connectivity index (χ4n) is 1.13. The highest BCUT2D eigenvalue weighted by Gasteiger charge is 2.06. The second-order valence-electron chi connectivity index (χ2n) is 2.50. The number of nitrogens with zero attached hydrogens (tertiary/aromatic N) is 2. The number of imidazole rings is 1. The van der Waals surface area contributed by atoms with Crippen molar-refractivity contribution in [3.8, 4) is 0 Å². The van der Waals surface area contributed by atoms with Gasteiger partial charge in [0.15, 0.2) is 12.1 Å². The number of hydrogen-bond donors (Lipinski definition) is 0. The first-order valence-corrected chi connectivity index (χ1v) is 4.25. The first-order chi connectivity index (χ1) is 6.22. The maximum atomic E-state index is 10.5. The highest BCUT2D eigenvalue weighted by atomic mass is 35.5. The Morgan fingerprint density at radius 1 is 1.46 bits per heavy atom. The second kappa shape index (κ2) is 3.01. The number of aldehydes is 1. The van der Waals surface area contributed by atoms with Crippen LogP contribution < -0.4 is 0 Å². The smallest absolute Gasteiger partial charge is 0.185 e. The fraction of sp³-hybridized carbons (Fsp3) is 0. The van der Waals surface area contributed by atoms with E-state index in [0.29, 0.717) is 27.7 Å². The summed E-state index contributed by atoms with van der Waals surface area (Å²) in [5.41, 5.74) is 0.674. The molecule has 0 aliphatic heterocycles. The summed E-state index contributed by atoms with van der Waals surface area (Å²) in [6.07, 6.45) is 3.78. The average molecular weight is 215 g/mol. The van der Waals surface area contributed by atoms with Gasteiger partial charge in [0, 0.05) is 6.20 Å². The van der Waals surface area contributed by atoms with E-state index in [1.54, 1.807) is 16.7 Å². The van der Waals surface area contributed by atoms with Crippen molar-refractivity contribution in [3.63, 3.8) is 0 Å². The highest BCUT2D eigenvalue weighted by molar-refractivity contribution is 6.36. The Morgan fingerprint density at radius 3 is 2.92 bits per heavy atom. The van der Waals surface area contributed by atoms with Gasteiger partial charge in [0.1, 0.15) is 0 Å². The third-order valence-electron chi connectivity index (χ3n) is 1.69. The summed E-state index contributed by atoms with van der Waals surface area (Å²) in [6.45, 7) is 0. The molecule has 0 aliphatic carbocycles. The zero-order valence-electron chi connectivity index (χ0n) is 6.37. The SMILES string of the molecule is O=Cc1ncc2c(Cl)cc(Cl)cn12. The van der Waals surface area contributed by atoms with E-state index in [0.717, 1.165) is 0 Å². The molecule has 0 aromatic carbocycles. The molecule has 0 spiro atoms. The summed E-state index contributed by atoms with van der Waals surface area (Å²) in [6, 6.07) is 1.61. The molecular weight excluding hydrogens is 211 g/mol. The monoisotopic (exact) mass is 214 g/mol. The molecule has 0 saturated carbocycles. The number of carbonyl (C=O) groups is 1. The molecule has 0 atom stereocenters. The molecule has 0 radical (unpaired) electrons. The number of aromatic nitrogens is 2. The number of rotatable bonds is 1. The van der Waals surface area contributed by atoms with Crippen molar-refractivity contribution in [1.29, 1.82) is 0 Å². The van der Waals surface area contributed by atoms with Gasteiger partial charge < -0.3 is 0 Å². The van der Waals surface area contributed by atoms with Crippen LogP contribution in [0.3, 0.4) is 0 Å². The predicted octanol–water partition coefficient (Wildman–Crippen LogP) is 2.45. The van der Waals surface area contributed by atoms with Crippen LogP contribution in [0.5, 0.6) is 0 Å². The normalized spacial score (nSPS) is 10.6. The lowest BCUT2D eigenvalue weighted by molar-refractivity contribution is 0.111. The van der Waals surface area contributed by atoms with Crippen LogP contribution in [0.4, 0.5) is 0 Å². The number of fused-ring (bicyclic) bond motifs is 1. The molecular formula is C8H4Cl2N2O. The second-order valence-corrected chi connectivity index (χ2v) is 3.34. The van der Waals surface area contributed by atoms with Gasteiger partial charge in [0.05, 0.1) is 21.8 Å². The van der Waals surface area contributed by atoms with Crippen molar-refractivity contribution in [3.05, 3.63) is 34.3 Å². The van der Waals surface area contributed by atoms with Gasteiger partial charge in [-0.1, -0.05) is 23.2 Å². The highest BCUT2D eigenvalue weighted by Crippen LogP contribution is 2.22. The number of hydrogen-bond acceptors (Lipinski definition) is 2. The van der Waals surface area contributed by atoms with Crippen molar-refractivity contribution >= 4 is 35.0 Å². The van der Waals surface area contributed by atoms with Crippen LogP contribution in [-0.4, -0.2) is 15.7 Å². The Balaban J connectivity index is 2.89. The number of pyridine rings is 1. The molecule has 0 saturated heterocycles. The Bertz CT molecular complexity index is 478. The molecule has 0 bridgehead atoms. The summed E-state index contributed by atoms with van der Waals surface area (Å²) in [5, 5.41) is 0.951. The van der Waals surface area contributed by atoms with Gasteiger partial charge in [0.25, 0.3) is 0 Å². The van der Waals surface area contributed by atoms with Gasteiger partial charge in [-0.2, -0.15) is 0 Å². The molecule has 0 aliphatic rings. The molecule has 2 aromatic rings. The summed E-state index contributed by atoms with van der Waals surface area (Å²) in [5.74, 6) is 0.291. The topological polar surface area (TPSA) is 34.4 Å². The van der Waals surface area contributed by atoms with E-state index in [1.165, 1.54) is 6.20 Å². The molecule has 2 heterocycles. The van der Waals surface area contributed by atoms with E-state index in [2.05, 4.69) is 4.98 Å². The molecule has 66 valence electrons. The molecule has 2 rings (SSSR count). The Morgan fingerprint density at radius 2 is 2.23 bits per heavy atom. The van der Waals surface area contributed by atoms with Crippen LogP contribution in [0.2, 0.25) is 10.0 Å². The largest absolute Gasteiger partial charge is 0.295 e. The van der Waals surface area contributed by atoms with E-state index in [1.807, 2.05) is 0 Å². The third-order valence-corrected chi connectivity index (χ3v) is 2.20. The van der Waals surface area contributed by atoms with Crippen molar-refractivity contribution in [2.45, 2.75) is 0 Å². The molecule has 0 fully saturated rings. The minimum absolute atomic E-state index is 0.291. The Hall–Kier alpha value is -1.06. The zero-order valence-corrected chi connectivity index (χ0v) is 7.88. The first-order valence-electron chi connectivity index (χ1n) is 3.49. The van der Waals surface area contributed by atoms with E-state index in [4.69, 9.17) is 23.2 Å².